The molecule has 0 aromatic carbocycles. The third kappa shape index (κ3) is 3.66. The molecule has 21 heavy (non-hydrogen) atoms. The number of nitrogens with one attached hydrogen (secondary N) is 2. The number of hydrogen-bond donors (Lipinski definition) is 3. The van der Waals surface area contributed by atoms with Crippen LogP contribution < -0.4 is 5.32 Å². The van der Waals surface area contributed by atoms with Gasteiger partial charge in [-0.3, -0.25) is 14.9 Å². The Morgan fingerprint density at radius 3 is 2.95 bits per heavy atom. The van der Waals surface area contributed by atoms with Gasteiger partial charge in [-0.05, 0) is 24.1 Å². The van der Waals surface area contributed by atoms with Crippen molar-refractivity contribution in [3.05, 3.63) is 36.3 Å². The molecule has 0 aliphatic carbocycles. The summed E-state index contributed by atoms with van der Waals surface area (Å²) in [5.74, 6) is -0.0587. The van der Waals surface area contributed by atoms with Crippen molar-refractivity contribution in [2.45, 2.75) is 26.3 Å². The highest BCUT2D eigenvalue weighted by molar-refractivity contribution is 5.93. The SMILES string of the molecule is CC[C@@H](C)[C@H](CO)NC(=O)c1cc(-c2cccnc2)n[nH]1. The van der Waals surface area contributed by atoms with E-state index in [1.54, 1.807) is 18.5 Å². The van der Waals surface area contributed by atoms with Crippen LogP contribution in [0.4, 0.5) is 0 Å². The van der Waals surface area contributed by atoms with Gasteiger partial charge in [0.05, 0.1) is 18.3 Å². The standard InChI is InChI=1S/C15H20N4O2/c1-3-10(2)14(9-20)17-15(21)13-7-12(18-19-13)11-5-4-6-16-8-11/h4-8,10,14,20H,3,9H2,1-2H3,(H,17,21)(H,18,19)/t10-,14+/m1/s1. The van der Waals surface area contributed by atoms with Gasteiger partial charge in [-0.2, -0.15) is 5.10 Å². The van der Waals surface area contributed by atoms with E-state index in [0.717, 1.165) is 12.0 Å². The fraction of sp³-hybridized carbons (Fsp3) is 0.400. The predicted molar refractivity (Wildman–Crippen MR) is 79.6 cm³/mol. The summed E-state index contributed by atoms with van der Waals surface area (Å²) in [4.78, 5) is 16.2. The minimum atomic E-state index is -0.267. The maximum Gasteiger partial charge on any atom is 0.269 e. The van der Waals surface area contributed by atoms with Crippen molar-refractivity contribution in [2.75, 3.05) is 6.61 Å². The zero-order chi connectivity index (χ0) is 15.2. The topological polar surface area (TPSA) is 90.9 Å². The zero-order valence-electron chi connectivity index (χ0n) is 12.2. The van der Waals surface area contributed by atoms with Gasteiger partial charge in [-0.1, -0.05) is 20.3 Å². The molecule has 0 bridgehead atoms. The lowest BCUT2D eigenvalue weighted by atomic mass is 10.00. The second-order valence-electron chi connectivity index (χ2n) is 5.06. The smallest absolute Gasteiger partial charge is 0.269 e. The highest BCUT2D eigenvalue weighted by atomic mass is 16.3. The highest BCUT2D eigenvalue weighted by Crippen LogP contribution is 2.16. The molecule has 6 heteroatoms. The van der Waals surface area contributed by atoms with Gasteiger partial charge < -0.3 is 10.4 Å². The Kier molecular flexibility index (Phi) is 5.05. The fourth-order valence-corrected chi connectivity index (χ4v) is 2.00. The van der Waals surface area contributed by atoms with E-state index < -0.39 is 0 Å². The van der Waals surface area contributed by atoms with Gasteiger partial charge in [0.25, 0.3) is 5.91 Å². The molecule has 0 spiro atoms. The Bertz CT molecular complexity index is 582. The first-order valence-corrected chi connectivity index (χ1v) is 7.03. The maximum absolute atomic E-state index is 12.2. The van der Waals surface area contributed by atoms with Crippen LogP contribution in [-0.4, -0.2) is 38.8 Å². The van der Waals surface area contributed by atoms with Crippen molar-refractivity contribution in [1.82, 2.24) is 20.5 Å². The summed E-state index contributed by atoms with van der Waals surface area (Å²) in [5, 5.41) is 19.0. The van der Waals surface area contributed by atoms with Crippen molar-refractivity contribution in [1.29, 1.82) is 0 Å². The van der Waals surface area contributed by atoms with Crippen LogP contribution in [0.5, 0.6) is 0 Å². The first-order valence-electron chi connectivity index (χ1n) is 7.03. The van der Waals surface area contributed by atoms with Crippen molar-refractivity contribution >= 4 is 5.91 Å². The maximum atomic E-state index is 12.2. The number of hydrogen-bond acceptors (Lipinski definition) is 4. The monoisotopic (exact) mass is 288 g/mol. The number of rotatable bonds is 6. The molecule has 112 valence electrons. The predicted octanol–water partition coefficient (Wildman–Crippen LogP) is 1.61. The Hall–Kier alpha value is -2.21. The Morgan fingerprint density at radius 2 is 2.33 bits per heavy atom. The van der Waals surface area contributed by atoms with E-state index in [4.69, 9.17) is 0 Å². The summed E-state index contributed by atoms with van der Waals surface area (Å²) in [7, 11) is 0. The van der Waals surface area contributed by atoms with E-state index in [1.807, 2.05) is 26.0 Å². The number of aromatic amines is 1. The quantitative estimate of drug-likeness (QED) is 0.753. The summed E-state index contributed by atoms with van der Waals surface area (Å²) in [6, 6.07) is 5.11. The second-order valence-corrected chi connectivity index (χ2v) is 5.06. The molecule has 2 rings (SSSR count). The molecule has 2 atom stereocenters. The Balaban J connectivity index is 2.09. The number of nitrogens with zero attached hydrogens (tertiary/aromatic N) is 2. The number of aromatic nitrogens is 3. The van der Waals surface area contributed by atoms with Crippen LogP contribution in [0.25, 0.3) is 11.3 Å². The van der Waals surface area contributed by atoms with Gasteiger partial charge in [-0.15, -0.1) is 0 Å². The molecule has 0 unspecified atom stereocenters. The van der Waals surface area contributed by atoms with Crippen LogP contribution in [0.1, 0.15) is 30.8 Å². The molecule has 2 aromatic heterocycles. The summed E-state index contributed by atoms with van der Waals surface area (Å²) in [6.07, 6.45) is 4.25. The molecule has 3 N–H and O–H groups in total. The Labute approximate surface area is 123 Å². The molecular formula is C15H20N4O2. The third-order valence-corrected chi connectivity index (χ3v) is 3.62. The first-order chi connectivity index (χ1) is 10.2. The summed E-state index contributed by atoms with van der Waals surface area (Å²) >= 11 is 0. The molecule has 6 nitrogen and oxygen atoms in total. The molecular weight excluding hydrogens is 268 g/mol. The lowest BCUT2D eigenvalue weighted by molar-refractivity contribution is 0.0886. The van der Waals surface area contributed by atoms with Gasteiger partial charge in [0.15, 0.2) is 0 Å². The van der Waals surface area contributed by atoms with Crippen LogP contribution in [0.15, 0.2) is 30.6 Å². The van der Waals surface area contributed by atoms with Gasteiger partial charge in [0.2, 0.25) is 0 Å². The van der Waals surface area contributed by atoms with E-state index in [2.05, 4.69) is 20.5 Å². The van der Waals surface area contributed by atoms with E-state index in [0.29, 0.717) is 11.4 Å². The molecule has 0 saturated carbocycles. The van der Waals surface area contributed by atoms with Crippen LogP contribution in [0.2, 0.25) is 0 Å². The molecule has 2 aromatic rings. The van der Waals surface area contributed by atoms with Crippen molar-refractivity contribution < 1.29 is 9.90 Å². The average Bonchev–Trinajstić information content (AvgIpc) is 3.02. The number of amides is 1. The van der Waals surface area contributed by atoms with Crippen LogP contribution in [-0.2, 0) is 0 Å². The van der Waals surface area contributed by atoms with E-state index in [1.165, 1.54) is 0 Å². The van der Waals surface area contributed by atoms with Gasteiger partial charge >= 0.3 is 0 Å². The fourth-order valence-electron chi connectivity index (χ4n) is 2.00. The number of H-pyrrole nitrogens is 1. The van der Waals surface area contributed by atoms with E-state index in [-0.39, 0.29) is 24.5 Å². The third-order valence-electron chi connectivity index (χ3n) is 3.62. The number of carbonyl (C=O) groups excluding carboxylic acids is 1. The number of aliphatic hydroxyl groups is 1. The summed E-state index contributed by atoms with van der Waals surface area (Å²) < 4.78 is 0. The number of aliphatic hydroxyl groups excluding tert-OH is 1. The largest absolute Gasteiger partial charge is 0.394 e. The first kappa shape index (κ1) is 15.2. The molecule has 0 aliphatic heterocycles. The van der Waals surface area contributed by atoms with Crippen molar-refractivity contribution in [2.24, 2.45) is 5.92 Å². The Morgan fingerprint density at radius 1 is 1.52 bits per heavy atom. The van der Waals surface area contributed by atoms with Gasteiger partial charge in [0, 0.05) is 18.0 Å². The number of pyridine rings is 1. The average molecular weight is 288 g/mol. The minimum absolute atomic E-state index is 0.0790. The molecule has 2 heterocycles. The molecule has 1 amide bonds. The second kappa shape index (κ2) is 6.99. The van der Waals surface area contributed by atoms with Gasteiger partial charge in [0.1, 0.15) is 5.69 Å². The lowest BCUT2D eigenvalue weighted by Crippen LogP contribution is -2.42. The van der Waals surface area contributed by atoms with Crippen molar-refractivity contribution in [3.63, 3.8) is 0 Å². The zero-order valence-corrected chi connectivity index (χ0v) is 12.2. The summed E-state index contributed by atoms with van der Waals surface area (Å²) in [5.41, 5.74) is 1.88. The molecule has 0 saturated heterocycles. The number of carbonyl (C=O) groups is 1. The molecule has 0 fully saturated rings. The van der Waals surface area contributed by atoms with Crippen molar-refractivity contribution in [3.8, 4) is 11.3 Å². The van der Waals surface area contributed by atoms with E-state index in [9.17, 15) is 9.90 Å². The lowest BCUT2D eigenvalue weighted by Gasteiger charge is -2.21. The molecule has 0 radical (unpaired) electrons. The van der Waals surface area contributed by atoms with Crippen LogP contribution in [0, 0.1) is 5.92 Å². The highest BCUT2D eigenvalue weighted by Gasteiger charge is 2.19. The van der Waals surface area contributed by atoms with Crippen LogP contribution >= 0.6 is 0 Å². The van der Waals surface area contributed by atoms with Gasteiger partial charge in [-0.25, -0.2) is 0 Å². The van der Waals surface area contributed by atoms with Crippen LogP contribution in [0.3, 0.4) is 0 Å². The summed E-state index contributed by atoms with van der Waals surface area (Å²) in [6.45, 7) is 3.94. The minimum Gasteiger partial charge on any atom is -0.394 e. The molecule has 0 aliphatic rings. The normalized spacial score (nSPS) is 13.7. The van der Waals surface area contributed by atoms with E-state index >= 15 is 0 Å².